The number of hydrogen-bond acceptors (Lipinski definition) is 6. The number of benzene rings is 1. The van der Waals surface area contributed by atoms with Gasteiger partial charge in [0.25, 0.3) is 0 Å². The van der Waals surface area contributed by atoms with E-state index in [1.54, 1.807) is 13.3 Å². The van der Waals surface area contributed by atoms with E-state index in [0.717, 1.165) is 5.69 Å². The lowest BCUT2D eigenvalue weighted by Crippen LogP contribution is -2.26. The molecular formula is C16H20N4O3S. The maximum absolute atomic E-state index is 11.9. The van der Waals surface area contributed by atoms with Crippen molar-refractivity contribution >= 4 is 23.6 Å². The van der Waals surface area contributed by atoms with Crippen LogP contribution in [0.4, 0.5) is 0 Å². The Balaban J connectivity index is 1.73. The van der Waals surface area contributed by atoms with Crippen molar-refractivity contribution in [1.29, 1.82) is 0 Å². The van der Waals surface area contributed by atoms with Crippen molar-refractivity contribution in [2.45, 2.75) is 24.9 Å². The van der Waals surface area contributed by atoms with Gasteiger partial charge in [0.15, 0.2) is 5.16 Å². The second-order valence-electron chi connectivity index (χ2n) is 4.87. The third kappa shape index (κ3) is 5.69. The minimum atomic E-state index is -0.239. The number of thioether (sulfide) groups is 1. The van der Waals surface area contributed by atoms with Gasteiger partial charge in [-0.3, -0.25) is 14.2 Å². The molecule has 2 rings (SSSR count). The Bertz CT molecular complexity index is 660. The molecule has 0 atom stereocenters. The molecule has 1 aromatic carbocycles. The van der Waals surface area contributed by atoms with Gasteiger partial charge >= 0.3 is 5.97 Å². The van der Waals surface area contributed by atoms with E-state index < -0.39 is 0 Å². The Labute approximate surface area is 144 Å². The Morgan fingerprint density at radius 2 is 2.08 bits per heavy atom. The maximum atomic E-state index is 11.9. The maximum Gasteiger partial charge on any atom is 0.305 e. The number of carbonyl (C=O) groups is 2. The van der Waals surface area contributed by atoms with Crippen molar-refractivity contribution in [3.8, 4) is 5.69 Å². The SMILES string of the molecule is CCOC(=O)CCCNC(=O)CSc1nncn1-c1ccccc1. The molecule has 0 unspecified atom stereocenters. The smallest absolute Gasteiger partial charge is 0.305 e. The molecule has 0 aliphatic heterocycles. The highest BCUT2D eigenvalue weighted by molar-refractivity contribution is 7.99. The molecule has 0 radical (unpaired) electrons. The van der Waals surface area contributed by atoms with Gasteiger partial charge in [-0.1, -0.05) is 30.0 Å². The first-order chi connectivity index (χ1) is 11.7. The quantitative estimate of drug-likeness (QED) is 0.423. The second-order valence-corrected chi connectivity index (χ2v) is 5.81. The molecule has 8 heteroatoms. The molecule has 0 bridgehead atoms. The molecule has 1 amide bonds. The average molecular weight is 348 g/mol. The summed E-state index contributed by atoms with van der Waals surface area (Å²) in [4.78, 5) is 23.0. The minimum Gasteiger partial charge on any atom is -0.466 e. The Morgan fingerprint density at radius 3 is 2.83 bits per heavy atom. The summed E-state index contributed by atoms with van der Waals surface area (Å²) in [5.74, 6) is -0.103. The zero-order chi connectivity index (χ0) is 17.2. The molecular weight excluding hydrogens is 328 g/mol. The second kappa shape index (κ2) is 9.71. The number of rotatable bonds is 9. The van der Waals surface area contributed by atoms with Crippen LogP contribution in [0.5, 0.6) is 0 Å². The lowest BCUT2D eigenvalue weighted by molar-refractivity contribution is -0.143. The summed E-state index contributed by atoms with van der Waals surface area (Å²) in [5, 5.41) is 11.4. The first kappa shape index (κ1) is 18.0. The normalized spacial score (nSPS) is 10.4. The number of ether oxygens (including phenoxy) is 1. The van der Waals surface area contributed by atoms with E-state index in [1.165, 1.54) is 11.8 Å². The van der Waals surface area contributed by atoms with Crippen LogP contribution in [0.15, 0.2) is 41.8 Å². The van der Waals surface area contributed by atoms with E-state index in [-0.39, 0.29) is 17.6 Å². The van der Waals surface area contributed by atoms with Gasteiger partial charge in [-0.15, -0.1) is 10.2 Å². The van der Waals surface area contributed by atoms with E-state index in [0.29, 0.717) is 31.1 Å². The van der Waals surface area contributed by atoms with Crippen LogP contribution in [0.2, 0.25) is 0 Å². The zero-order valence-corrected chi connectivity index (χ0v) is 14.3. The van der Waals surface area contributed by atoms with Gasteiger partial charge < -0.3 is 10.1 Å². The van der Waals surface area contributed by atoms with Crippen LogP contribution < -0.4 is 5.32 Å². The molecule has 0 saturated heterocycles. The Kier molecular flexibility index (Phi) is 7.28. The molecule has 0 aliphatic carbocycles. The van der Waals surface area contributed by atoms with Gasteiger partial charge in [0.2, 0.25) is 5.91 Å². The summed E-state index contributed by atoms with van der Waals surface area (Å²) < 4.78 is 6.66. The Hall–Kier alpha value is -2.35. The highest BCUT2D eigenvalue weighted by Gasteiger charge is 2.10. The van der Waals surface area contributed by atoms with Crippen molar-refractivity contribution < 1.29 is 14.3 Å². The number of hydrogen-bond donors (Lipinski definition) is 1. The highest BCUT2D eigenvalue weighted by atomic mass is 32.2. The van der Waals surface area contributed by atoms with Gasteiger partial charge in [0.1, 0.15) is 6.33 Å². The molecule has 1 N–H and O–H groups in total. The van der Waals surface area contributed by atoms with E-state index >= 15 is 0 Å². The molecule has 2 aromatic rings. The predicted octanol–water partition coefficient (Wildman–Crippen LogP) is 1.82. The number of nitrogens with one attached hydrogen (secondary N) is 1. The lowest BCUT2D eigenvalue weighted by Gasteiger charge is -2.07. The summed E-state index contributed by atoms with van der Waals surface area (Å²) in [7, 11) is 0. The summed E-state index contributed by atoms with van der Waals surface area (Å²) in [6.07, 6.45) is 2.49. The van der Waals surface area contributed by atoms with E-state index in [9.17, 15) is 9.59 Å². The van der Waals surface area contributed by atoms with Gasteiger partial charge in [-0.05, 0) is 25.5 Å². The number of amides is 1. The fraction of sp³-hybridized carbons (Fsp3) is 0.375. The molecule has 24 heavy (non-hydrogen) atoms. The Morgan fingerprint density at radius 1 is 1.29 bits per heavy atom. The molecule has 7 nitrogen and oxygen atoms in total. The van der Waals surface area contributed by atoms with Crippen LogP contribution >= 0.6 is 11.8 Å². The summed E-state index contributed by atoms with van der Waals surface area (Å²) >= 11 is 1.31. The first-order valence-corrected chi connectivity index (χ1v) is 8.70. The van der Waals surface area contributed by atoms with Crippen molar-refractivity contribution in [1.82, 2.24) is 20.1 Å². The monoisotopic (exact) mass is 348 g/mol. The van der Waals surface area contributed by atoms with Crippen molar-refractivity contribution in [3.05, 3.63) is 36.7 Å². The standard InChI is InChI=1S/C16H20N4O3S/c1-2-23-15(22)9-6-10-17-14(21)11-24-16-19-18-12-20(16)13-7-4-3-5-8-13/h3-5,7-8,12H,2,6,9-11H2,1H3,(H,17,21). The number of esters is 1. The third-order valence-corrected chi connectivity index (χ3v) is 4.01. The van der Waals surface area contributed by atoms with E-state index in [2.05, 4.69) is 15.5 Å². The van der Waals surface area contributed by atoms with E-state index in [4.69, 9.17) is 4.74 Å². The lowest BCUT2D eigenvalue weighted by atomic mass is 10.3. The predicted molar refractivity (Wildman–Crippen MR) is 91.0 cm³/mol. The molecule has 1 heterocycles. The topological polar surface area (TPSA) is 86.1 Å². The molecule has 0 saturated carbocycles. The van der Waals surface area contributed by atoms with Crippen LogP contribution in [-0.2, 0) is 14.3 Å². The largest absolute Gasteiger partial charge is 0.466 e. The fourth-order valence-corrected chi connectivity index (χ4v) is 2.72. The number of nitrogens with zero attached hydrogens (tertiary/aromatic N) is 3. The fourth-order valence-electron chi connectivity index (χ4n) is 1.96. The average Bonchev–Trinajstić information content (AvgIpc) is 3.06. The van der Waals surface area contributed by atoms with Gasteiger partial charge in [-0.2, -0.15) is 0 Å². The van der Waals surface area contributed by atoms with Gasteiger partial charge in [0, 0.05) is 18.7 Å². The van der Waals surface area contributed by atoms with Gasteiger partial charge in [0.05, 0.1) is 12.4 Å². The molecule has 0 aliphatic rings. The zero-order valence-electron chi connectivity index (χ0n) is 13.5. The van der Waals surface area contributed by atoms with Crippen LogP contribution in [0.25, 0.3) is 5.69 Å². The van der Waals surface area contributed by atoms with Crippen LogP contribution in [0, 0.1) is 0 Å². The summed E-state index contributed by atoms with van der Waals surface area (Å²) in [6, 6.07) is 9.69. The summed E-state index contributed by atoms with van der Waals surface area (Å²) in [6.45, 7) is 2.60. The number of para-hydroxylation sites is 1. The van der Waals surface area contributed by atoms with Crippen molar-refractivity contribution in [2.24, 2.45) is 0 Å². The molecule has 0 fully saturated rings. The third-order valence-electron chi connectivity index (χ3n) is 3.07. The minimum absolute atomic E-state index is 0.105. The van der Waals surface area contributed by atoms with Crippen LogP contribution in [-0.4, -0.2) is 45.5 Å². The molecule has 1 aromatic heterocycles. The van der Waals surface area contributed by atoms with Crippen LogP contribution in [0.1, 0.15) is 19.8 Å². The number of carbonyl (C=O) groups excluding carboxylic acids is 2. The highest BCUT2D eigenvalue weighted by Crippen LogP contribution is 2.18. The first-order valence-electron chi connectivity index (χ1n) is 7.71. The summed E-state index contributed by atoms with van der Waals surface area (Å²) in [5.41, 5.74) is 0.944. The van der Waals surface area contributed by atoms with Crippen LogP contribution in [0.3, 0.4) is 0 Å². The van der Waals surface area contributed by atoms with Crippen molar-refractivity contribution in [3.63, 3.8) is 0 Å². The van der Waals surface area contributed by atoms with E-state index in [1.807, 2.05) is 34.9 Å². The van der Waals surface area contributed by atoms with Gasteiger partial charge in [-0.25, -0.2) is 0 Å². The van der Waals surface area contributed by atoms with Crippen molar-refractivity contribution in [2.75, 3.05) is 18.9 Å². The molecule has 128 valence electrons. The number of aromatic nitrogens is 3. The molecule has 0 spiro atoms.